The van der Waals surface area contributed by atoms with E-state index in [-0.39, 0.29) is 36.3 Å². The van der Waals surface area contributed by atoms with Crippen molar-refractivity contribution in [2.75, 3.05) is 25.9 Å². The third-order valence-electron chi connectivity index (χ3n) is 6.93. The van der Waals surface area contributed by atoms with Gasteiger partial charge in [0.15, 0.2) is 0 Å². The van der Waals surface area contributed by atoms with Crippen LogP contribution in [0.3, 0.4) is 0 Å². The molecule has 0 bridgehead atoms. The van der Waals surface area contributed by atoms with E-state index >= 15 is 0 Å². The number of anilines is 1. The second-order valence-corrected chi connectivity index (χ2v) is 9.15. The Kier molecular flexibility index (Phi) is 6.39. The molecule has 34 heavy (non-hydrogen) atoms. The first-order valence-corrected chi connectivity index (χ1v) is 11.4. The van der Waals surface area contributed by atoms with Gasteiger partial charge in [0.25, 0.3) is 5.91 Å². The van der Waals surface area contributed by atoms with E-state index in [9.17, 15) is 9.90 Å². The number of aromatic amines is 1. The second-order valence-electron chi connectivity index (χ2n) is 9.15. The number of hydrogen-bond acceptors (Lipinski definition) is 5. The molecule has 7 nitrogen and oxygen atoms in total. The molecule has 0 aliphatic heterocycles. The van der Waals surface area contributed by atoms with E-state index in [1.54, 1.807) is 19.4 Å². The fourth-order valence-electron chi connectivity index (χ4n) is 4.52. The smallest absolute Gasteiger partial charge is 0.255 e. The van der Waals surface area contributed by atoms with Gasteiger partial charge in [-0.3, -0.25) is 4.79 Å². The number of nitrogens with zero attached hydrogens (tertiary/aromatic N) is 3. The highest BCUT2D eigenvalue weighted by atomic mass is 16.3. The zero-order chi connectivity index (χ0) is 24.5. The minimum absolute atomic E-state index is 0.0713. The Bertz CT molecular complexity index is 1300. The molecule has 0 saturated heterocycles. The molecule has 0 aliphatic rings. The van der Waals surface area contributed by atoms with Gasteiger partial charge in [0.05, 0.1) is 17.7 Å². The largest absolute Gasteiger partial charge is 0.395 e. The van der Waals surface area contributed by atoms with Crippen LogP contribution < -0.4 is 5.73 Å². The van der Waals surface area contributed by atoms with Crippen LogP contribution in [0.2, 0.25) is 0 Å². The van der Waals surface area contributed by atoms with Crippen molar-refractivity contribution < 1.29 is 9.90 Å². The van der Waals surface area contributed by atoms with Crippen molar-refractivity contribution >= 4 is 22.8 Å². The molecule has 1 unspecified atom stereocenters. The number of H-pyrrole nitrogens is 1. The monoisotopic (exact) mass is 457 g/mol. The molecule has 7 heteroatoms. The van der Waals surface area contributed by atoms with Gasteiger partial charge in [0, 0.05) is 48.5 Å². The van der Waals surface area contributed by atoms with Crippen LogP contribution in [-0.2, 0) is 5.41 Å². The van der Waals surface area contributed by atoms with E-state index in [0.717, 1.165) is 27.6 Å². The molecule has 0 radical (unpaired) electrons. The van der Waals surface area contributed by atoms with Crippen LogP contribution in [0.4, 0.5) is 5.95 Å². The molecule has 1 amide bonds. The first-order valence-electron chi connectivity index (χ1n) is 11.4. The number of likely N-dealkylation sites (N-methyl/N-ethyl adjacent to an activating group) is 1. The lowest BCUT2D eigenvalue weighted by molar-refractivity contribution is 0.0768. The molecule has 4 aromatic rings. The SMILES string of the molecule is CC(C)C(C)(c1ccc(-c2cnc(N)nc2)cc1)c1c[nH]c2c(C(=O)N(C)CCO)cccc12. The number of aliphatic hydroxyl groups is 1. The minimum atomic E-state index is -0.299. The van der Waals surface area contributed by atoms with Crippen molar-refractivity contribution in [2.45, 2.75) is 26.2 Å². The van der Waals surface area contributed by atoms with E-state index in [1.165, 1.54) is 10.5 Å². The maximum Gasteiger partial charge on any atom is 0.255 e. The van der Waals surface area contributed by atoms with Gasteiger partial charge in [-0.05, 0) is 28.7 Å². The lowest BCUT2D eigenvalue weighted by atomic mass is 9.68. The van der Waals surface area contributed by atoms with Gasteiger partial charge in [0.1, 0.15) is 0 Å². The number of aromatic nitrogens is 3. The summed E-state index contributed by atoms with van der Waals surface area (Å²) in [4.78, 5) is 26.1. The van der Waals surface area contributed by atoms with Crippen LogP contribution >= 0.6 is 0 Å². The number of carbonyl (C=O) groups excluding carboxylic acids is 1. The highest BCUT2D eigenvalue weighted by Crippen LogP contribution is 2.43. The third-order valence-corrected chi connectivity index (χ3v) is 6.93. The summed E-state index contributed by atoms with van der Waals surface area (Å²) in [5, 5.41) is 10.3. The molecular weight excluding hydrogens is 426 g/mol. The quantitative estimate of drug-likeness (QED) is 0.385. The Morgan fingerprint density at radius 1 is 1.12 bits per heavy atom. The van der Waals surface area contributed by atoms with E-state index in [2.05, 4.69) is 66.1 Å². The van der Waals surface area contributed by atoms with Crippen LogP contribution in [0, 0.1) is 5.92 Å². The van der Waals surface area contributed by atoms with Gasteiger partial charge >= 0.3 is 0 Å². The topological polar surface area (TPSA) is 108 Å². The van der Waals surface area contributed by atoms with Gasteiger partial charge in [0.2, 0.25) is 5.95 Å². The predicted molar refractivity (Wildman–Crippen MR) is 136 cm³/mol. The first kappa shape index (κ1) is 23.4. The highest BCUT2D eigenvalue weighted by molar-refractivity contribution is 6.06. The normalized spacial score (nSPS) is 13.2. The Balaban J connectivity index is 1.77. The molecule has 0 fully saturated rings. The van der Waals surface area contributed by atoms with Gasteiger partial charge < -0.3 is 20.7 Å². The van der Waals surface area contributed by atoms with Gasteiger partial charge in [-0.25, -0.2) is 9.97 Å². The van der Waals surface area contributed by atoms with Crippen molar-refractivity contribution in [3.8, 4) is 11.1 Å². The number of nitrogens with two attached hydrogens (primary N) is 1. The van der Waals surface area contributed by atoms with Crippen molar-refractivity contribution in [1.29, 1.82) is 0 Å². The Hall–Kier alpha value is -3.71. The Labute approximate surface area is 199 Å². The zero-order valence-electron chi connectivity index (χ0n) is 20.0. The summed E-state index contributed by atoms with van der Waals surface area (Å²) in [5.41, 5.74) is 11.0. The van der Waals surface area contributed by atoms with Crippen molar-refractivity contribution in [3.05, 3.63) is 77.7 Å². The zero-order valence-corrected chi connectivity index (χ0v) is 20.0. The van der Waals surface area contributed by atoms with Gasteiger partial charge in [-0.1, -0.05) is 57.2 Å². The summed E-state index contributed by atoms with van der Waals surface area (Å²) in [6.45, 7) is 6.89. The van der Waals surface area contributed by atoms with Crippen LogP contribution in [-0.4, -0.2) is 51.1 Å². The number of aliphatic hydroxyl groups excluding tert-OH is 1. The summed E-state index contributed by atoms with van der Waals surface area (Å²) in [6, 6.07) is 14.3. The standard InChI is InChI=1S/C27H31N5O2/c1-17(2)27(3,20-10-8-18(9-11-20)19-14-30-26(28)31-15-19)23-16-29-24-21(23)6-5-7-22(24)25(34)32(4)12-13-33/h5-11,14-17,29,33H,12-13H2,1-4H3,(H2,28,30,31). The van der Waals surface area contributed by atoms with E-state index in [4.69, 9.17) is 5.73 Å². The van der Waals surface area contributed by atoms with Crippen LogP contribution in [0.25, 0.3) is 22.0 Å². The summed E-state index contributed by atoms with van der Waals surface area (Å²) in [7, 11) is 1.70. The maximum absolute atomic E-state index is 13.0. The molecule has 1 atom stereocenters. The maximum atomic E-state index is 13.0. The number of carbonyl (C=O) groups is 1. The molecule has 0 spiro atoms. The molecule has 2 aromatic carbocycles. The number of fused-ring (bicyclic) bond motifs is 1. The van der Waals surface area contributed by atoms with Gasteiger partial charge in [-0.2, -0.15) is 0 Å². The Morgan fingerprint density at radius 2 is 1.79 bits per heavy atom. The van der Waals surface area contributed by atoms with Crippen molar-refractivity contribution in [2.24, 2.45) is 5.92 Å². The molecule has 4 N–H and O–H groups in total. The van der Waals surface area contributed by atoms with Gasteiger partial charge in [-0.15, -0.1) is 0 Å². The second kappa shape index (κ2) is 9.27. The van der Waals surface area contributed by atoms with E-state index in [1.807, 2.05) is 18.3 Å². The number of nitrogens with one attached hydrogen (secondary N) is 1. The number of rotatable bonds is 7. The summed E-state index contributed by atoms with van der Waals surface area (Å²) >= 11 is 0. The number of amides is 1. The minimum Gasteiger partial charge on any atom is -0.395 e. The molecule has 176 valence electrons. The average Bonchev–Trinajstić information content (AvgIpc) is 3.28. The summed E-state index contributed by atoms with van der Waals surface area (Å²) in [5.74, 6) is 0.426. The first-order chi connectivity index (χ1) is 16.3. The summed E-state index contributed by atoms with van der Waals surface area (Å²) < 4.78 is 0. The molecule has 2 heterocycles. The fraction of sp³-hybridized carbons (Fsp3) is 0.296. The van der Waals surface area contributed by atoms with Crippen LogP contribution in [0.5, 0.6) is 0 Å². The summed E-state index contributed by atoms with van der Waals surface area (Å²) in [6.07, 6.45) is 5.48. The average molecular weight is 458 g/mol. The number of benzene rings is 2. The van der Waals surface area contributed by atoms with Crippen molar-refractivity contribution in [1.82, 2.24) is 19.9 Å². The molecular formula is C27H31N5O2. The predicted octanol–water partition coefficient (Wildman–Crippen LogP) is 4.23. The fourth-order valence-corrected chi connectivity index (χ4v) is 4.52. The highest BCUT2D eigenvalue weighted by Gasteiger charge is 2.35. The third kappa shape index (κ3) is 4.03. The molecule has 4 rings (SSSR count). The molecule has 0 aliphatic carbocycles. The van der Waals surface area contributed by atoms with E-state index in [0.29, 0.717) is 5.56 Å². The van der Waals surface area contributed by atoms with E-state index < -0.39 is 0 Å². The molecule has 2 aromatic heterocycles. The lowest BCUT2D eigenvalue weighted by Gasteiger charge is -2.35. The number of para-hydroxylation sites is 1. The Morgan fingerprint density at radius 3 is 2.41 bits per heavy atom. The molecule has 0 saturated carbocycles. The van der Waals surface area contributed by atoms with Crippen LogP contribution in [0.1, 0.15) is 42.3 Å². The number of nitrogen functional groups attached to an aromatic ring is 1. The number of hydrogen-bond donors (Lipinski definition) is 3. The lowest BCUT2D eigenvalue weighted by Crippen LogP contribution is -2.30. The van der Waals surface area contributed by atoms with Crippen molar-refractivity contribution in [3.63, 3.8) is 0 Å². The van der Waals surface area contributed by atoms with Crippen LogP contribution in [0.15, 0.2) is 61.1 Å².